The summed E-state index contributed by atoms with van der Waals surface area (Å²) in [5, 5.41) is 2.74. The van der Waals surface area contributed by atoms with Gasteiger partial charge in [0.2, 0.25) is 0 Å². The molecule has 0 aliphatic rings. The van der Waals surface area contributed by atoms with Gasteiger partial charge in [-0.15, -0.1) is 0 Å². The maximum absolute atomic E-state index is 13.1. The van der Waals surface area contributed by atoms with Crippen LogP contribution in [-0.2, 0) is 17.8 Å². The zero-order valence-electron chi connectivity index (χ0n) is 15.8. The van der Waals surface area contributed by atoms with Crippen molar-refractivity contribution in [3.63, 3.8) is 0 Å². The van der Waals surface area contributed by atoms with Crippen molar-refractivity contribution in [3.8, 4) is 0 Å². The van der Waals surface area contributed by atoms with Gasteiger partial charge in [-0.2, -0.15) is 0 Å². The first-order valence-electron chi connectivity index (χ1n) is 8.65. The minimum Gasteiger partial charge on any atom is -0.455 e. The average molecular weight is 362 g/mol. The van der Waals surface area contributed by atoms with E-state index in [1.165, 1.54) is 12.1 Å². The monoisotopic (exact) mass is 362 g/mol. The van der Waals surface area contributed by atoms with E-state index < -0.39 is 0 Å². The quantitative estimate of drug-likeness (QED) is 0.729. The van der Waals surface area contributed by atoms with Crippen LogP contribution in [0.4, 0.5) is 4.39 Å². The number of methoxy groups -OCH3 is 1. The van der Waals surface area contributed by atoms with E-state index in [0.717, 1.165) is 5.56 Å². The van der Waals surface area contributed by atoms with Crippen LogP contribution < -0.4 is 5.32 Å². The second kappa shape index (κ2) is 8.96. The number of ether oxygens (including phenoxy) is 1. The van der Waals surface area contributed by atoms with Gasteiger partial charge in [-0.05, 0) is 50.6 Å². The lowest BCUT2D eigenvalue weighted by molar-refractivity contribution is 0.0891. The molecule has 2 aromatic rings. The van der Waals surface area contributed by atoms with Gasteiger partial charge in [0.1, 0.15) is 11.6 Å². The van der Waals surface area contributed by atoms with E-state index in [0.29, 0.717) is 32.0 Å². The largest absolute Gasteiger partial charge is 0.455 e. The van der Waals surface area contributed by atoms with Gasteiger partial charge in [0.25, 0.3) is 5.91 Å². The summed E-state index contributed by atoms with van der Waals surface area (Å²) in [7, 11) is 1.58. The summed E-state index contributed by atoms with van der Waals surface area (Å²) in [6.07, 6.45) is 0. The molecule has 0 unspecified atom stereocenters. The highest BCUT2D eigenvalue weighted by molar-refractivity contribution is 5.91. The normalized spacial score (nSPS) is 11.8. The highest BCUT2D eigenvalue weighted by atomic mass is 19.1. The molecule has 1 aromatic heterocycles. The van der Waals surface area contributed by atoms with E-state index in [1.54, 1.807) is 25.3 Å². The minimum atomic E-state index is -0.255. The van der Waals surface area contributed by atoms with Crippen LogP contribution in [-0.4, -0.2) is 36.6 Å². The third-order valence-corrected chi connectivity index (χ3v) is 4.06. The van der Waals surface area contributed by atoms with E-state index in [1.807, 2.05) is 6.07 Å². The summed E-state index contributed by atoms with van der Waals surface area (Å²) in [4.78, 5) is 14.2. The average Bonchev–Trinajstić information content (AvgIpc) is 3.04. The van der Waals surface area contributed by atoms with E-state index in [4.69, 9.17) is 9.15 Å². The molecule has 142 valence electrons. The van der Waals surface area contributed by atoms with Crippen molar-refractivity contribution in [2.24, 2.45) is 0 Å². The van der Waals surface area contributed by atoms with Crippen LogP contribution in [0.5, 0.6) is 0 Å². The Balaban J connectivity index is 2.04. The predicted octanol–water partition coefficient (Wildman–Crippen LogP) is 3.60. The molecule has 2 rings (SSSR count). The molecule has 0 aliphatic carbocycles. The predicted molar refractivity (Wildman–Crippen MR) is 98.3 cm³/mol. The summed E-state index contributed by atoms with van der Waals surface area (Å²) in [6, 6.07) is 9.98. The summed E-state index contributed by atoms with van der Waals surface area (Å²) in [5.74, 6) is 0.492. The van der Waals surface area contributed by atoms with Gasteiger partial charge >= 0.3 is 0 Å². The van der Waals surface area contributed by atoms with Crippen molar-refractivity contribution in [2.45, 2.75) is 39.4 Å². The Morgan fingerprint density at radius 2 is 1.85 bits per heavy atom. The number of nitrogens with zero attached hydrogens (tertiary/aromatic N) is 1. The molecule has 0 spiro atoms. The van der Waals surface area contributed by atoms with E-state index in [2.05, 4.69) is 31.0 Å². The molecule has 1 amide bonds. The fraction of sp³-hybridized carbons (Fsp3) is 0.450. The first-order chi connectivity index (χ1) is 12.3. The molecule has 5 nitrogen and oxygen atoms in total. The number of hydrogen-bond donors (Lipinski definition) is 1. The van der Waals surface area contributed by atoms with Crippen molar-refractivity contribution < 1.29 is 18.3 Å². The number of furan rings is 1. The number of carbonyl (C=O) groups excluding carboxylic acids is 1. The third kappa shape index (κ3) is 5.97. The zero-order valence-corrected chi connectivity index (χ0v) is 15.8. The highest BCUT2D eigenvalue weighted by Crippen LogP contribution is 2.22. The summed E-state index contributed by atoms with van der Waals surface area (Å²) >= 11 is 0. The molecular weight excluding hydrogens is 335 g/mol. The van der Waals surface area contributed by atoms with E-state index in [-0.39, 0.29) is 23.0 Å². The SMILES string of the molecule is COCCNC(=O)c1ccc(CN(Cc2ccc(F)cc2)C(C)(C)C)o1. The van der Waals surface area contributed by atoms with Crippen LogP contribution in [0.2, 0.25) is 0 Å². The Kier molecular flexibility index (Phi) is 6.94. The Labute approximate surface area is 154 Å². The van der Waals surface area contributed by atoms with Crippen LogP contribution in [0.15, 0.2) is 40.8 Å². The fourth-order valence-corrected chi connectivity index (χ4v) is 2.47. The lowest BCUT2D eigenvalue weighted by Gasteiger charge is -2.35. The summed E-state index contributed by atoms with van der Waals surface area (Å²) < 4.78 is 23.7. The maximum atomic E-state index is 13.1. The maximum Gasteiger partial charge on any atom is 0.287 e. The van der Waals surface area contributed by atoms with Gasteiger partial charge in [0, 0.05) is 25.7 Å². The highest BCUT2D eigenvalue weighted by Gasteiger charge is 2.23. The fourth-order valence-electron chi connectivity index (χ4n) is 2.47. The van der Waals surface area contributed by atoms with E-state index in [9.17, 15) is 9.18 Å². The first-order valence-corrected chi connectivity index (χ1v) is 8.65. The molecule has 0 bridgehead atoms. The van der Waals surface area contributed by atoms with Gasteiger partial charge in [0.05, 0.1) is 13.2 Å². The van der Waals surface area contributed by atoms with Gasteiger partial charge in [-0.25, -0.2) is 4.39 Å². The topological polar surface area (TPSA) is 54.7 Å². The molecule has 1 N–H and O–H groups in total. The summed E-state index contributed by atoms with van der Waals surface area (Å²) in [6.45, 7) is 8.42. The number of hydrogen-bond acceptors (Lipinski definition) is 4. The molecule has 6 heteroatoms. The molecule has 0 saturated carbocycles. The molecule has 1 heterocycles. The van der Waals surface area contributed by atoms with Crippen molar-refractivity contribution in [1.29, 1.82) is 0 Å². The zero-order chi connectivity index (χ0) is 19.2. The van der Waals surface area contributed by atoms with Crippen molar-refractivity contribution in [3.05, 3.63) is 59.3 Å². The molecular formula is C20H27FN2O3. The van der Waals surface area contributed by atoms with Crippen LogP contribution in [0.1, 0.15) is 42.6 Å². The Morgan fingerprint density at radius 1 is 1.15 bits per heavy atom. The van der Waals surface area contributed by atoms with E-state index >= 15 is 0 Å². The van der Waals surface area contributed by atoms with Crippen molar-refractivity contribution in [1.82, 2.24) is 10.2 Å². The Bertz CT molecular complexity index is 705. The van der Waals surface area contributed by atoms with Gasteiger partial charge in [-0.1, -0.05) is 12.1 Å². The number of rotatable bonds is 8. The summed E-state index contributed by atoms with van der Waals surface area (Å²) in [5.41, 5.74) is 0.896. The number of carbonyl (C=O) groups is 1. The van der Waals surface area contributed by atoms with Gasteiger partial charge < -0.3 is 14.5 Å². The second-order valence-electron chi connectivity index (χ2n) is 7.17. The molecule has 0 fully saturated rings. The second-order valence-corrected chi connectivity index (χ2v) is 7.17. The van der Waals surface area contributed by atoms with Crippen molar-refractivity contribution >= 4 is 5.91 Å². The Morgan fingerprint density at radius 3 is 2.46 bits per heavy atom. The molecule has 0 aliphatic heterocycles. The Hall–Kier alpha value is -2.18. The lowest BCUT2D eigenvalue weighted by Crippen LogP contribution is -2.40. The molecule has 26 heavy (non-hydrogen) atoms. The number of benzene rings is 1. The van der Waals surface area contributed by atoms with Crippen LogP contribution in [0.25, 0.3) is 0 Å². The van der Waals surface area contributed by atoms with Gasteiger partial charge in [0.15, 0.2) is 5.76 Å². The molecule has 1 aromatic carbocycles. The number of halogens is 1. The lowest BCUT2D eigenvalue weighted by atomic mass is 10.0. The molecule has 0 atom stereocenters. The van der Waals surface area contributed by atoms with Crippen LogP contribution in [0.3, 0.4) is 0 Å². The molecule has 0 saturated heterocycles. The van der Waals surface area contributed by atoms with Gasteiger partial charge in [-0.3, -0.25) is 9.69 Å². The standard InChI is InChI=1S/C20H27FN2O3/c1-20(2,3)23(13-15-5-7-16(21)8-6-15)14-17-9-10-18(26-17)19(24)22-11-12-25-4/h5-10H,11-14H2,1-4H3,(H,22,24). The number of amides is 1. The molecule has 0 radical (unpaired) electrons. The van der Waals surface area contributed by atoms with Crippen molar-refractivity contribution in [2.75, 3.05) is 20.3 Å². The van der Waals surface area contributed by atoms with Crippen LogP contribution in [0, 0.1) is 5.82 Å². The smallest absolute Gasteiger partial charge is 0.287 e. The van der Waals surface area contributed by atoms with Crippen LogP contribution >= 0.6 is 0 Å². The third-order valence-electron chi connectivity index (χ3n) is 4.06. The minimum absolute atomic E-state index is 0.123. The first kappa shape index (κ1) is 20.1. The number of nitrogens with one attached hydrogen (secondary N) is 1.